The number of anilines is 2. The summed E-state index contributed by atoms with van der Waals surface area (Å²) >= 11 is 0. The number of nitrogens with one attached hydrogen (secondary N) is 2. The third-order valence-corrected chi connectivity index (χ3v) is 9.64. The quantitative estimate of drug-likeness (QED) is 0.423. The van der Waals surface area contributed by atoms with E-state index in [9.17, 15) is 14.4 Å². The molecule has 2 aromatic carbocycles. The van der Waals surface area contributed by atoms with Crippen LogP contribution < -0.4 is 10.6 Å². The van der Waals surface area contributed by atoms with E-state index in [4.69, 9.17) is 0 Å². The Labute approximate surface area is 246 Å². The van der Waals surface area contributed by atoms with Gasteiger partial charge in [0.15, 0.2) is 0 Å². The molecule has 2 aliphatic heterocycles. The molecule has 1 atom stereocenters. The summed E-state index contributed by atoms with van der Waals surface area (Å²) in [5, 5.41) is 6.00. The second-order valence-corrected chi connectivity index (χ2v) is 12.4. The minimum Gasteiger partial charge on any atom is -0.329 e. The van der Waals surface area contributed by atoms with Crippen LogP contribution in [0.5, 0.6) is 0 Å². The number of aromatic nitrogens is 1. The Morgan fingerprint density at radius 2 is 1.76 bits per heavy atom. The van der Waals surface area contributed by atoms with Crippen LogP contribution >= 0.6 is 0 Å². The van der Waals surface area contributed by atoms with Crippen LogP contribution in [0, 0.1) is 5.92 Å². The number of carbonyl (C=O) groups excluding carboxylic acids is 3. The van der Waals surface area contributed by atoms with Gasteiger partial charge in [0.05, 0.1) is 5.41 Å². The maximum absolute atomic E-state index is 13.7. The fourth-order valence-corrected chi connectivity index (χ4v) is 7.21. The van der Waals surface area contributed by atoms with Crippen molar-refractivity contribution in [3.05, 3.63) is 88.6 Å². The van der Waals surface area contributed by atoms with E-state index >= 15 is 0 Å². The Morgan fingerprint density at radius 3 is 2.55 bits per heavy atom. The molecule has 216 valence electrons. The molecule has 8 nitrogen and oxygen atoms in total. The van der Waals surface area contributed by atoms with Crippen LogP contribution in [0.15, 0.2) is 60.8 Å². The summed E-state index contributed by atoms with van der Waals surface area (Å²) in [5.41, 5.74) is 5.47. The van der Waals surface area contributed by atoms with Crippen LogP contribution in [0.3, 0.4) is 0 Å². The zero-order valence-electron chi connectivity index (χ0n) is 23.9. The van der Waals surface area contributed by atoms with Crippen LogP contribution in [0.1, 0.15) is 59.9 Å². The van der Waals surface area contributed by atoms with Crippen molar-refractivity contribution in [2.45, 2.75) is 63.5 Å². The van der Waals surface area contributed by atoms with Crippen molar-refractivity contribution in [3.8, 4) is 0 Å². The van der Waals surface area contributed by atoms with E-state index in [-0.39, 0.29) is 30.2 Å². The van der Waals surface area contributed by atoms with Gasteiger partial charge in [0.25, 0.3) is 0 Å². The monoisotopic (exact) mass is 563 g/mol. The molecule has 1 spiro atoms. The second-order valence-electron chi connectivity index (χ2n) is 12.4. The molecule has 1 saturated heterocycles. The molecule has 3 amide bonds. The first kappa shape index (κ1) is 26.8. The fraction of sp³-hybridized carbons (Fsp3) is 0.412. The van der Waals surface area contributed by atoms with E-state index in [0.29, 0.717) is 30.9 Å². The Bertz CT molecular complexity index is 1540. The van der Waals surface area contributed by atoms with Crippen molar-refractivity contribution in [1.82, 2.24) is 14.8 Å². The summed E-state index contributed by atoms with van der Waals surface area (Å²) in [6.45, 7) is 3.54. The highest BCUT2D eigenvalue weighted by molar-refractivity contribution is 6.06. The molecule has 2 N–H and O–H groups in total. The van der Waals surface area contributed by atoms with Crippen molar-refractivity contribution in [2.24, 2.45) is 5.92 Å². The molecule has 4 aliphatic rings. The van der Waals surface area contributed by atoms with Crippen molar-refractivity contribution in [3.63, 3.8) is 0 Å². The molecule has 42 heavy (non-hydrogen) atoms. The maximum Gasteiger partial charge on any atom is 0.244 e. The summed E-state index contributed by atoms with van der Waals surface area (Å²) in [5.74, 6) is 0.487. The number of carbonyl (C=O) groups is 3. The number of likely N-dealkylation sites (tertiary alicyclic amines) is 1. The predicted molar refractivity (Wildman–Crippen MR) is 161 cm³/mol. The molecule has 8 heteroatoms. The standard InChI is InChI=1S/C34H37N5O3/c40-30(36-28-13-12-24-18-34(19-27(24)17-28)29-11-5-14-35-31(29)37-33(34)42)22-39(32(41)23-7-1-2-8-23)21-26-10-4-3-9-25(26)20-38-15-6-16-38/h3-5,9-14,17,23H,1-2,6-8,15-16,18-22H2,(H,36,40)(H,35,37,42). The lowest BCUT2D eigenvalue weighted by Gasteiger charge is -2.32. The molecular weight excluding hydrogens is 526 g/mol. The van der Waals surface area contributed by atoms with Crippen LogP contribution in [-0.2, 0) is 45.7 Å². The molecule has 7 rings (SSSR count). The number of amides is 3. The number of fused-ring (bicyclic) bond motifs is 3. The Kier molecular flexibility index (Phi) is 7.02. The fourth-order valence-electron chi connectivity index (χ4n) is 7.21. The number of benzene rings is 2. The average Bonchev–Trinajstić information content (AvgIpc) is 3.69. The van der Waals surface area contributed by atoms with E-state index in [0.717, 1.165) is 67.6 Å². The highest BCUT2D eigenvalue weighted by atomic mass is 16.2. The lowest BCUT2D eigenvalue weighted by Crippen LogP contribution is -2.41. The van der Waals surface area contributed by atoms with Crippen molar-refractivity contribution >= 4 is 29.2 Å². The Hall–Kier alpha value is -4.04. The number of hydrogen-bond donors (Lipinski definition) is 2. The lowest BCUT2D eigenvalue weighted by molar-refractivity contribution is -0.138. The summed E-state index contributed by atoms with van der Waals surface area (Å²) in [6, 6.07) is 18.0. The number of rotatable bonds is 8. The zero-order chi connectivity index (χ0) is 28.7. The molecule has 1 saturated carbocycles. The third-order valence-electron chi connectivity index (χ3n) is 9.64. The summed E-state index contributed by atoms with van der Waals surface area (Å²) in [7, 11) is 0. The van der Waals surface area contributed by atoms with Crippen molar-refractivity contribution < 1.29 is 14.4 Å². The molecule has 3 heterocycles. The molecular formula is C34H37N5O3. The van der Waals surface area contributed by atoms with Crippen molar-refractivity contribution in [2.75, 3.05) is 30.3 Å². The van der Waals surface area contributed by atoms with Gasteiger partial charge in [0, 0.05) is 36.5 Å². The average molecular weight is 564 g/mol. The first-order valence-electron chi connectivity index (χ1n) is 15.2. The highest BCUT2D eigenvalue weighted by Gasteiger charge is 2.51. The van der Waals surface area contributed by atoms with Gasteiger partial charge in [-0.3, -0.25) is 19.3 Å². The molecule has 2 aliphatic carbocycles. The molecule has 0 radical (unpaired) electrons. The Balaban J connectivity index is 1.07. The number of pyridine rings is 1. The van der Waals surface area contributed by atoms with Crippen LogP contribution in [0.25, 0.3) is 0 Å². The highest BCUT2D eigenvalue weighted by Crippen LogP contribution is 2.47. The minimum absolute atomic E-state index is 0.00791. The molecule has 3 aromatic rings. The van der Waals surface area contributed by atoms with Gasteiger partial charge in [-0.2, -0.15) is 0 Å². The van der Waals surface area contributed by atoms with Gasteiger partial charge in [0.1, 0.15) is 12.4 Å². The van der Waals surface area contributed by atoms with Crippen LogP contribution in [0.4, 0.5) is 11.5 Å². The third kappa shape index (κ3) is 4.98. The smallest absolute Gasteiger partial charge is 0.244 e. The summed E-state index contributed by atoms with van der Waals surface area (Å²) in [6.07, 6.45) is 8.03. The molecule has 1 unspecified atom stereocenters. The second kappa shape index (κ2) is 11.0. The molecule has 2 fully saturated rings. The van der Waals surface area contributed by atoms with E-state index in [1.54, 1.807) is 11.1 Å². The van der Waals surface area contributed by atoms with Gasteiger partial charge < -0.3 is 15.5 Å². The Morgan fingerprint density at radius 1 is 0.976 bits per heavy atom. The topological polar surface area (TPSA) is 94.6 Å². The molecule has 0 bridgehead atoms. The van der Waals surface area contributed by atoms with E-state index in [2.05, 4.69) is 38.7 Å². The van der Waals surface area contributed by atoms with Gasteiger partial charge in [0.2, 0.25) is 17.7 Å². The van der Waals surface area contributed by atoms with Gasteiger partial charge in [-0.05, 0) is 85.6 Å². The minimum atomic E-state index is -0.650. The predicted octanol–water partition coefficient (Wildman–Crippen LogP) is 4.43. The first-order chi connectivity index (χ1) is 20.5. The number of hydrogen-bond acceptors (Lipinski definition) is 5. The SMILES string of the molecule is O=C(CN(Cc1ccccc1CN1CCC1)C(=O)C1CCCC1)Nc1ccc2c(c1)CC1(C2)C(=O)Nc2ncccc21. The summed E-state index contributed by atoms with van der Waals surface area (Å²) < 4.78 is 0. The zero-order valence-corrected chi connectivity index (χ0v) is 23.9. The first-order valence-corrected chi connectivity index (χ1v) is 15.2. The normalized spacial score (nSPS) is 21.1. The van der Waals surface area contributed by atoms with Crippen molar-refractivity contribution in [1.29, 1.82) is 0 Å². The van der Waals surface area contributed by atoms with Gasteiger partial charge in [-0.1, -0.05) is 49.2 Å². The maximum atomic E-state index is 13.7. The van der Waals surface area contributed by atoms with E-state index < -0.39 is 5.41 Å². The lowest BCUT2D eigenvalue weighted by atomic mass is 9.79. The van der Waals surface area contributed by atoms with Crippen LogP contribution in [0.2, 0.25) is 0 Å². The van der Waals surface area contributed by atoms with Gasteiger partial charge >= 0.3 is 0 Å². The summed E-state index contributed by atoms with van der Waals surface area (Å²) in [4.78, 5) is 48.7. The number of nitrogens with zero attached hydrogens (tertiary/aromatic N) is 3. The van der Waals surface area contributed by atoms with E-state index in [1.807, 2.05) is 36.4 Å². The van der Waals surface area contributed by atoms with E-state index in [1.165, 1.54) is 12.0 Å². The van der Waals surface area contributed by atoms with Gasteiger partial charge in [-0.25, -0.2) is 4.98 Å². The largest absolute Gasteiger partial charge is 0.329 e. The molecule has 1 aromatic heterocycles. The van der Waals surface area contributed by atoms with Crippen LogP contribution in [-0.4, -0.2) is 52.1 Å². The van der Waals surface area contributed by atoms with Gasteiger partial charge in [-0.15, -0.1) is 0 Å².